The molecule has 1 aliphatic rings. The van der Waals surface area contributed by atoms with Gasteiger partial charge in [0.15, 0.2) is 5.11 Å². The number of nitrogens with zero attached hydrogens (tertiary/aromatic N) is 1. The van der Waals surface area contributed by atoms with E-state index in [0.717, 1.165) is 10.0 Å². The Morgan fingerprint density at radius 2 is 1.89 bits per heavy atom. The van der Waals surface area contributed by atoms with Gasteiger partial charge in [-0.15, -0.1) is 0 Å². The van der Waals surface area contributed by atoms with E-state index in [4.69, 9.17) is 12.2 Å². The molecule has 1 N–H and O–H groups in total. The first-order valence-electron chi connectivity index (χ1n) is 5.09. The highest BCUT2D eigenvalue weighted by Crippen LogP contribution is 2.16. The third-order valence-electron chi connectivity index (χ3n) is 2.49. The zero-order valence-corrected chi connectivity index (χ0v) is 11.8. The lowest BCUT2D eigenvalue weighted by Crippen LogP contribution is -2.52. The number of carbonyl (C=O) groups is 2. The largest absolute Gasteiger partial charge is 0.298 e. The van der Waals surface area contributed by atoms with Gasteiger partial charge in [0.1, 0.15) is 5.57 Å². The molecule has 1 fully saturated rings. The number of rotatable bonds is 1. The molecule has 1 saturated heterocycles. The molecule has 1 aliphatic heterocycles. The van der Waals surface area contributed by atoms with Crippen LogP contribution in [-0.4, -0.2) is 28.9 Å². The molecular formula is C12H9BrN2O2S. The van der Waals surface area contributed by atoms with Crippen LogP contribution in [0.25, 0.3) is 6.08 Å². The highest BCUT2D eigenvalue weighted by atomic mass is 79.9. The minimum atomic E-state index is -0.467. The number of halogens is 1. The number of thiocarbonyl (C=S) groups is 1. The maximum Gasteiger partial charge on any atom is 0.265 e. The smallest absolute Gasteiger partial charge is 0.265 e. The Hall–Kier alpha value is -1.53. The molecule has 6 heteroatoms. The lowest BCUT2D eigenvalue weighted by Gasteiger charge is -2.24. The second-order valence-corrected chi connectivity index (χ2v) is 5.04. The predicted octanol–water partition coefficient (Wildman–Crippen LogP) is 1.71. The van der Waals surface area contributed by atoms with E-state index < -0.39 is 11.8 Å². The second-order valence-electron chi connectivity index (χ2n) is 3.73. The number of amides is 2. The average Bonchev–Trinajstić information content (AvgIpc) is 2.34. The Bertz CT molecular complexity index is 566. The lowest BCUT2D eigenvalue weighted by atomic mass is 10.1. The fourth-order valence-corrected chi connectivity index (χ4v) is 1.91. The monoisotopic (exact) mass is 324 g/mol. The Balaban J connectivity index is 2.37. The maximum absolute atomic E-state index is 11.9. The van der Waals surface area contributed by atoms with E-state index in [1.807, 2.05) is 24.3 Å². The summed E-state index contributed by atoms with van der Waals surface area (Å²) in [6.07, 6.45) is 1.54. The van der Waals surface area contributed by atoms with E-state index >= 15 is 0 Å². The Morgan fingerprint density at radius 1 is 1.28 bits per heavy atom. The molecule has 0 atom stereocenters. The van der Waals surface area contributed by atoms with Gasteiger partial charge < -0.3 is 0 Å². The molecule has 0 saturated carbocycles. The normalized spacial score (nSPS) is 18.2. The highest BCUT2D eigenvalue weighted by molar-refractivity contribution is 9.10. The van der Waals surface area contributed by atoms with Gasteiger partial charge in [0.05, 0.1) is 0 Å². The van der Waals surface area contributed by atoms with Crippen molar-refractivity contribution < 1.29 is 9.59 Å². The Kier molecular flexibility index (Phi) is 3.58. The zero-order chi connectivity index (χ0) is 13.3. The predicted molar refractivity (Wildman–Crippen MR) is 75.6 cm³/mol. The molecule has 92 valence electrons. The molecule has 2 amide bonds. The first-order chi connectivity index (χ1) is 8.49. The zero-order valence-electron chi connectivity index (χ0n) is 9.44. The molecular weight excluding hydrogens is 316 g/mol. The molecule has 0 radical (unpaired) electrons. The minimum Gasteiger partial charge on any atom is -0.298 e. The Morgan fingerprint density at radius 3 is 2.50 bits per heavy atom. The van der Waals surface area contributed by atoms with Crippen LogP contribution in [0.15, 0.2) is 34.3 Å². The third-order valence-corrected chi connectivity index (χ3v) is 3.39. The molecule has 0 aliphatic carbocycles. The van der Waals surface area contributed by atoms with Crippen LogP contribution < -0.4 is 5.32 Å². The second kappa shape index (κ2) is 4.99. The van der Waals surface area contributed by atoms with Gasteiger partial charge in [-0.05, 0) is 36.0 Å². The van der Waals surface area contributed by atoms with Gasteiger partial charge in [0, 0.05) is 11.5 Å². The summed E-state index contributed by atoms with van der Waals surface area (Å²) in [5.41, 5.74) is 0.853. The fourth-order valence-electron chi connectivity index (χ4n) is 1.47. The van der Waals surface area contributed by atoms with Crippen molar-refractivity contribution in [3.8, 4) is 0 Å². The number of likely N-dealkylation sites (N-methyl/N-ethyl adjacent to an activating group) is 1. The molecule has 0 aromatic heterocycles. The van der Waals surface area contributed by atoms with Gasteiger partial charge in [-0.1, -0.05) is 28.1 Å². The van der Waals surface area contributed by atoms with Gasteiger partial charge >= 0.3 is 0 Å². The van der Waals surface area contributed by atoms with Crippen molar-refractivity contribution in [2.75, 3.05) is 7.05 Å². The van der Waals surface area contributed by atoms with E-state index in [1.165, 1.54) is 11.9 Å². The molecule has 2 rings (SSSR count). The average molecular weight is 325 g/mol. The van der Waals surface area contributed by atoms with Gasteiger partial charge in [-0.3, -0.25) is 19.8 Å². The van der Waals surface area contributed by atoms with E-state index in [2.05, 4.69) is 21.2 Å². The standard InChI is InChI=1S/C12H9BrN2O2S/c1-15-11(17)9(10(16)14-12(15)18)6-7-2-4-8(13)5-3-7/h2-6H,1H3,(H,14,16,18). The van der Waals surface area contributed by atoms with E-state index in [0.29, 0.717) is 0 Å². The van der Waals surface area contributed by atoms with Gasteiger partial charge in [0.2, 0.25) is 0 Å². The quantitative estimate of drug-likeness (QED) is 0.486. The van der Waals surface area contributed by atoms with Crippen molar-refractivity contribution in [3.05, 3.63) is 39.9 Å². The lowest BCUT2D eigenvalue weighted by molar-refractivity contribution is -0.128. The van der Waals surface area contributed by atoms with E-state index in [1.54, 1.807) is 6.08 Å². The van der Waals surface area contributed by atoms with Crippen LogP contribution in [0, 0.1) is 0 Å². The summed E-state index contributed by atoms with van der Waals surface area (Å²) >= 11 is 8.18. The highest BCUT2D eigenvalue weighted by Gasteiger charge is 2.30. The summed E-state index contributed by atoms with van der Waals surface area (Å²) in [5.74, 6) is -0.863. The molecule has 1 aromatic carbocycles. The van der Waals surface area contributed by atoms with Crippen molar-refractivity contribution in [1.82, 2.24) is 10.2 Å². The van der Waals surface area contributed by atoms with Gasteiger partial charge in [-0.25, -0.2) is 0 Å². The SMILES string of the molecule is CN1C(=O)C(=Cc2ccc(Br)cc2)C(=O)NC1=S. The molecule has 1 aromatic rings. The number of hydrogen-bond acceptors (Lipinski definition) is 3. The molecule has 0 unspecified atom stereocenters. The summed E-state index contributed by atoms with van der Waals surface area (Å²) in [5, 5.41) is 2.58. The molecule has 1 heterocycles. The fraction of sp³-hybridized carbons (Fsp3) is 0.0833. The topological polar surface area (TPSA) is 49.4 Å². The van der Waals surface area contributed by atoms with E-state index in [-0.39, 0.29) is 10.7 Å². The summed E-state index contributed by atoms with van der Waals surface area (Å²) in [7, 11) is 1.53. The third kappa shape index (κ3) is 2.49. The number of benzene rings is 1. The van der Waals surface area contributed by atoms with Crippen LogP contribution in [0.1, 0.15) is 5.56 Å². The van der Waals surface area contributed by atoms with Gasteiger partial charge in [0.25, 0.3) is 11.8 Å². The van der Waals surface area contributed by atoms with Crippen LogP contribution in [0.2, 0.25) is 0 Å². The number of carbonyl (C=O) groups excluding carboxylic acids is 2. The van der Waals surface area contributed by atoms with Crippen molar-refractivity contribution >= 4 is 51.2 Å². The summed E-state index contributed by atoms with van der Waals surface area (Å²) < 4.78 is 0.933. The van der Waals surface area contributed by atoms with Crippen molar-refractivity contribution in [3.63, 3.8) is 0 Å². The molecule has 4 nitrogen and oxygen atoms in total. The maximum atomic E-state index is 11.9. The minimum absolute atomic E-state index is 0.0772. The van der Waals surface area contributed by atoms with Crippen LogP contribution in [-0.2, 0) is 9.59 Å². The number of nitrogens with one attached hydrogen (secondary N) is 1. The first kappa shape index (κ1) is 12.9. The molecule has 18 heavy (non-hydrogen) atoms. The molecule has 0 bridgehead atoms. The molecule has 0 spiro atoms. The van der Waals surface area contributed by atoms with E-state index in [9.17, 15) is 9.59 Å². The number of hydrogen-bond donors (Lipinski definition) is 1. The van der Waals surface area contributed by atoms with Crippen molar-refractivity contribution in [1.29, 1.82) is 0 Å². The summed E-state index contributed by atoms with van der Waals surface area (Å²) in [6.45, 7) is 0. The first-order valence-corrected chi connectivity index (χ1v) is 6.30. The van der Waals surface area contributed by atoms with Gasteiger partial charge in [-0.2, -0.15) is 0 Å². The van der Waals surface area contributed by atoms with Crippen LogP contribution in [0.3, 0.4) is 0 Å². The van der Waals surface area contributed by atoms with Crippen molar-refractivity contribution in [2.45, 2.75) is 0 Å². The van der Waals surface area contributed by atoms with Crippen LogP contribution >= 0.6 is 28.1 Å². The van der Waals surface area contributed by atoms with Crippen molar-refractivity contribution in [2.24, 2.45) is 0 Å². The summed E-state index contributed by atoms with van der Waals surface area (Å²) in [4.78, 5) is 24.9. The van der Waals surface area contributed by atoms with Crippen LogP contribution in [0.4, 0.5) is 0 Å². The van der Waals surface area contributed by atoms with Crippen LogP contribution in [0.5, 0.6) is 0 Å². The Labute approximate surface area is 118 Å². The summed E-state index contributed by atoms with van der Waals surface area (Å²) in [6, 6.07) is 7.30.